The summed E-state index contributed by atoms with van der Waals surface area (Å²) in [7, 11) is 0. The molecule has 2 aliphatic heterocycles. The van der Waals surface area contributed by atoms with Crippen LogP contribution in [-0.2, 0) is 33.6 Å². The molecule has 0 aromatic heterocycles. The summed E-state index contributed by atoms with van der Waals surface area (Å²) in [5.41, 5.74) is 0.921. The molecule has 2 aromatic carbocycles. The first-order valence-electron chi connectivity index (χ1n) is 13.1. The number of thioether (sulfide) groups is 1. The van der Waals surface area contributed by atoms with Gasteiger partial charge in [0.15, 0.2) is 6.61 Å². The Morgan fingerprint density at radius 3 is 2.36 bits per heavy atom. The highest BCUT2D eigenvalue weighted by Gasteiger charge is 2.30. The standard InChI is InChI=1S/C28H34F3N3O4S/c29-28(30,31)24-5-1-23(2-6-24)19-38-33-26(34-11-15-39-16-12-34)17-21-3-7-25(8-4-21)37-20-27(35)32-18-22-9-13-36-14-10-22/h1-8,22H,9-20H2,(H,32,35). The molecule has 7 nitrogen and oxygen atoms in total. The third-order valence-electron chi connectivity index (χ3n) is 6.64. The fourth-order valence-corrected chi connectivity index (χ4v) is 5.19. The highest BCUT2D eigenvalue weighted by molar-refractivity contribution is 7.99. The summed E-state index contributed by atoms with van der Waals surface area (Å²) in [5, 5.41) is 7.30. The average Bonchev–Trinajstić information content (AvgIpc) is 2.96. The van der Waals surface area contributed by atoms with Crippen LogP contribution >= 0.6 is 11.8 Å². The smallest absolute Gasteiger partial charge is 0.416 e. The SMILES string of the molecule is O=C(COc1ccc(CC(=NOCc2ccc(C(F)(F)F)cc2)N2CCSCC2)cc1)NCC1CCOCC1. The van der Waals surface area contributed by atoms with Crippen molar-refractivity contribution in [1.29, 1.82) is 0 Å². The number of rotatable bonds is 10. The zero-order valence-corrected chi connectivity index (χ0v) is 22.6. The molecule has 0 radical (unpaired) electrons. The summed E-state index contributed by atoms with van der Waals surface area (Å²) in [5.74, 6) is 3.65. The van der Waals surface area contributed by atoms with Gasteiger partial charge >= 0.3 is 6.18 Å². The maximum absolute atomic E-state index is 12.8. The highest BCUT2D eigenvalue weighted by atomic mass is 32.2. The highest BCUT2D eigenvalue weighted by Crippen LogP contribution is 2.29. The number of oxime groups is 1. The van der Waals surface area contributed by atoms with Gasteiger partial charge in [0.25, 0.3) is 5.91 Å². The molecule has 0 saturated carbocycles. The normalized spacial score (nSPS) is 17.1. The van der Waals surface area contributed by atoms with Crippen LogP contribution in [0.15, 0.2) is 53.7 Å². The molecule has 212 valence electrons. The Hall–Kier alpha value is -2.92. The Bertz CT molecular complexity index is 1070. The van der Waals surface area contributed by atoms with E-state index in [1.165, 1.54) is 12.1 Å². The van der Waals surface area contributed by atoms with Crippen molar-refractivity contribution in [2.45, 2.75) is 32.0 Å². The number of carbonyl (C=O) groups is 1. The molecule has 2 heterocycles. The lowest BCUT2D eigenvalue weighted by molar-refractivity contribution is -0.137. The quantitative estimate of drug-likeness (QED) is 0.255. The summed E-state index contributed by atoms with van der Waals surface area (Å²) in [6.07, 6.45) is -1.91. The molecule has 11 heteroatoms. The van der Waals surface area contributed by atoms with Crippen LogP contribution in [-0.4, -0.2) is 67.6 Å². The Morgan fingerprint density at radius 1 is 1.03 bits per heavy atom. The van der Waals surface area contributed by atoms with E-state index >= 15 is 0 Å². The van der Waals surface area contributed by atoms with E-state index in [1.54, 1.807) is 0 Å². The number of ether oxygens (including phenoxy) is 2. The van der Waals surface area contributed by atoms with Crippen molar-refractivity contribution in [2.24, 2.45) is 11.1 Å². The predicted molar refractivity (Wildman–Crippen MR) is 145 cm³/mol. The lowest BCUT2D eigenvalue weighted by Crippen LogP contribution is -2.39. The Balaban J connectivity index is 1.28. The number of carbonyl (C=O) groups excluding carboxylic acids is 1. The molecule has 0 aliphatic carbocycles. The number of nitrogens with zero attached hydrogens (tertiary/aromatic N) is 2. The van der Waals surface area contributed by atoms with E-state index in [0.717, 1.165) is 74.2 Å². The van der Waals surface area contributed by atoms with Gasteiger partial charge in [-0.05, 0) is 54.2 Å². The maximum Gasteiger partial charge on any atom is 0.416 e. The third-order valence-corrected chi connectivity index (χ3v) is 7.59. The van der Waals surface area contributed by atoms with Crippen molar-refractivity contribution in [1.82, 2.24) is 10.2 Å². The molecule has 1 N–H and O–H groups in total. The number of amidine groups is 1. The second-order valence-electron chi connectivity index (χ2n) is 9.54. The van der Waals surface area contributed by atoms with E-state index in [9.17, 15) is 18.0 Å². The van der Waals surface area contributed by atoms with Gasteiger partial charge in [-0.3, -0.25) is 4.79 Å². The Morgan fingerprint density at radius 2 is 1.69 bits per heavy atom. The minimum atomic E-state index is -4.37. The Kier molecular flexibility index (Phi) is 10.8. The third kappa shape index (κ3) is 9.65. The van der Waals surface area contributed by atoms with Crippen LogP contribution in [0.4, 0.5) is 13.2 Å². The molecule has 39 heavy (non-hydrogen) atoms. The lowest BCUT2D eigenvalue weighted by Gasteiger charge is -2.29. The number of amides is 1. The lowest BCUT2D eigenvalue weighted by atomic mass is 10.0. The van der Waals surface area contributed by atoms with Crippen molar-refractivity contribution in [3.8, 4) is 5.75 Å². The maximum atomic E-state index is 12.8. The van der Waals surface area contributed by atoms with Crippen LogP contribution in [0.1, 0.15) is 29.5 Å². The van der Waals surface area contributed by atoms with Crippen LogP contribution in [0.3, 0.4) is 0 Å². The van der Waals surface area contributed by atoms with Gasteiger partial charge in [0.1, 0.15) is 18.2 Å². The van der Waals surface area contributed by atoms with E-state index in [4.69, 9.17) is 14.3 Å². The van der Waals surface area contributed by atoms with Crippen LogP contribution in [0, 0.1) is 5.92 Å². The molecule has 1 amide bonds. The van der Waals surface area contributed by atoms with E-state index in [-0.39, 0.29) is 19.1 Å². The van der Waals surface area contributed by atoms with Gasteiger partial charge in [-0.25, -0.2) is 0 Å². The molecule has 2 aliphatic rings. The minimum absolute atomic E-state index is 0.0431. The van der Waals surface area contributed by atoms with Crippen molar-refractivity contribution in [3.05, 3.63) is 65.2 Å². The van der Waals surface area contributed by atoms with Gasteiger partial charge in [-0.2, -0.15) is 24.9 Å². The minimum Gasteiger partial charge on any atom is -0.484 e. The topological polar surface area (TPSA) is 72.4 Å². The molecule has 0 unspecified atom stereocenters. The number of benzene rings is 2. The van der Waals surface area contributed by atoms with Crippen LogP contribution < -0.4 is 10.1 Å². The molecule has 2 aromatic rings. The van der Waals surface area contributed by atoms with Crippen LogP contribution in [0.25, 0.3) is 0 Å². The molecule has 2 saturated heterocycles. The van der Waals surface area contributed by atoms with E-state index in [2.05, 4.69) is 15.4 Å². The fourth-order valence-electron chi connectivity index (χ4n) is 4.29. The van der Waals surface area contributed by atoms with Crippen LogP contribution in [0.5, 0.6) is 5.75 Å². The van der Waals surface area contributed by atoms with Crippen molar-refractivity contribution in [2.75, 3.05) is 51.0 Å². The fraction of sp³-hybridized carbons (Fsp3) is 0.500. The molecule has 0 atom stereocenters. The number of nitrogens with one attached hydrogen (secondary N) is 1. The van der Waals surface area contributed by atoms with E-state index in [0.29, 0.717) is 30.2 Å². The number of hydrogen-bond acceptors (Lipinski definition) is 6. The molecule has 0 bridgehead atoms. The van der Waals surface area contributed by atoms with Gasteiger partial charge in [-0.15, -0.1) is 0 Å². The molecule has 2 fully saturated rings. The summed E-state index contributed by atoms with van der Waals surface area (Å²) >= 11 is 1.88. The zero-order valence-electron chi connectivity index (χ0n) is 21.8. The van der Waals surface area contributed by atoms with Crippen molar-refractivity contribution >= 4 is 23.5 Å². The summed E-state index contributed by atoms with van der Waals surface area (Å²) in [4.78, 5) is 19.9. The first-order chi connectivity index (χ1) is 18.9. The largest absolute Gasteiger partial charge is 0.484 e. The second-order valence-corrected chi connectivity index (χ2v) is 10.8. The predicted octanol–water partition coefficient (Wildman–Crippen LogP) is 4.75. The zero-order chi connectivity index (χ0) is 27.5. The molecular weight excluding hydrogens is 531 g/mol. The molecular formula is C28H34F3N3O4S. The summed E-state index contributed by atoms with van der Waals surface area (Å²) in [6, 6.07) is 12.4. The van der Waals surface area contributed by atoms with Gasteiger partial charge in [0, 0.05) is 50.8 Å². The van der Waals surface area contributed by atoms with E-state index in [1.807, 2.05) is 36.0 Å². The van der Waals surface area contributed by atoms with E-state index < -0.39 is 11.7 Å². The summed E-state index contributed by atoms with van der Waals surface area (Å²) < 4.78 is 49.4. The van der Waals surface area contributed by atoms with Gasteiger partial charge in [0.2, 0.25) is 0 Å². The monoisotopic (exact) mass is 565 g/mol. The average molecular weight is 566 g/mol. The second kappa shape index (κ2) is 14.5. The van der Waals surface area contributed by atoms with Crippen LogP contribution in [0.2, 0.25) is 0 Å². The van der Waals surface area contributed by atoms with Crippen molar-refractivity contribution in [3.63, 3.8) is 0 Å². The molecule has 4 rings (SSSR count). The van der Waals surface area contributed by atoms with Crippen molar-refractivity contribution < 1.29 is 32.3 Å². The number of alkyl halides is 3. The van der Waals surface area contributed by atoms with Gasteiger partial charge in [-0.1, -0.05) is 29.4 Å². The molecule has 0 spiro atoms. The number of hydrogen-bond donors (Lipinski definition) is 1. The first kappa shape index (κ1) is 29.1. The first-order valence-corrected chi connectivity index (χ1v) is 14.3. The van der Waals surface area contributed by atoms with Gasteiger partial charge < -0.3 is 24.5 Å². The number of halogens is 3. The summed E-state index contributed by atoms with van der Waals surface area (Å²) in [6.45, 7) is 3.86. The van der Waals surface area contributed by atoms with Gasteiger partial charge in [0.05, 0.1) is 5.56 Å². The Labute approximate surface area is 231 Å².